The molecule has 0 aliphatic carbocycles. The molecule has 1 saturated heterocycles. The smallest absolute Gasteiger partial charge is 0.0409 e. The summed E-state index contributed by atoms with van der Waals surface area (Å²) in [7, 11) is 0. The first kappa shape index (κ1) is 10.0. The Morgan fingerprint density at radius 1 is 1.43 bits per heavy atom. The first-order chi connectivity index (χ1) is 6.70. The summed E-state index contributed by atoms with van der Waals surface area (Å²) in [6.45, 7) is 5.70. The molecule has 2 rings (SSSR count). The van der Waals surface area contributed by atoms with E-state index in [1.165, 1.54) is 35.1 Å². The summed E-state index contributed by atoms with van der Waals surface area (Å²) in [6.07, 6.45) is 2.65. The van der Waals surface area contributed by atoms with Gasteiger partial charge in [0.05, 0.1) is 0 Å². The van der Waals surface area contributed by atoms with Crippen molar-refractivity contribution < 1.29 is 0 Å². The molecular weight excluding hydrogens is 238 g/mol. The Hall–Kier alpha value is -0.500. The quantitative estimate of drug-likeness (QED) is 0.737. The van der Waals surface area contributed by atoms with Gasteiger partial charge in [-0.05, 0) is 44.4 Å². The van der Waals surface area contributed by atoms with Crippen molar-refractivity contribution in [1.29, 1.82) is 0 Å². The second-order valence-corrected chi connectivity index (χ2v) is 4.92. The van der Waals surface area contributed by atoms with Crippen LogP contribution < -0.4 is 4.90 Å². The van der Waals surface area contributed by atoms with Crippen molar-refractivity contribution in [3.63, 3.8) is 0 Å². The van der Waals surface area contributed by atoms with Gasteiger partial charge in [0.2, 0.25) is 0 Å². The van der Waals surface area contributed by atoms with Gasteiger partial charge in [-0.1, -0.05) is 22.0 Å². The van der Waals surface area contributed by atoms with Crippen LogP contribution in [0.25, 0.3) is 0 Å². The molecule has 0 N–H and O–H groups in total. The lowest BCUT2D eigenvalue weighted by molar-refractivity contribution is 0.733. The van der Waals surface area contributed by atoms with E-state index in [9.17, 15) is 0 Å². The molecule has 1 aliphatic rings. The number of anilines is 1. The highest BCUT2D eigenvalue weighted by molar-refractivity contribution is 9.10. The van der Waals surface area contributed by atoms with Crippen LogP contribution in [0.3, 0.4) is 0 Å². The summed E-state index contributed by atoms with van der Waals surface area (Å²) >= 11 is 3.59. The number of halogens is 1. The highest BCUT2D eigenvalue weighted by Gasteiger charge is 2.21. The standard InChI is InChI=1S/C12H16BrN/c1-9-5-4-8-14(9)12-7-3-6-11(13)10(12)2/h3,6-7,9H,4-5,8H2,1-2H3. The van der Waals surface area contributed by atoms with Gasteiger partial charge >= 0.3 is 0 Å². The predicted molar refractivity (Wildman–Crippen MR) is 64.9 cm³/mol. The summed E-state index contributed by atoms with van der Waals surface area (Å²) < 4.78 is 1.22. The largest absolute Gasteiger partial charge is 0.369 e. The molecule has 0 bridgehead atoms. The fraction of sp³-hybridized carbons (Fsp3) is 0.500. The Balaban J connectivity index is 2.36. The monoisotopic (exact) mass is 253 g/mol. The van der Waals surface area contributed by atoms with Crippen molar-refractivity contribution in [2.24, 2.45) is 0 Å². The second-order valence-electron chi connectivity index (χ2n) is 4.07. The van der Waals surface area contributed by atoms with Gasteiger partial charge < -0.3 is 4.90 Å². The Morgan fingerprint density at radius 2 is 2.21 bits per heavy atom. The van der Waals surface area contributed by atoms with Crippen LogP contribution in [0.2, 0.25) is 0 Å². The summed E-state index contributed by atoms with van der Waals surface area (Å²) in [5, 5.41) is 0. The van der Waals surface area contributed by atoms with Gasteiger partial charge in [-0.25, -0.2) is 0 Å². The normalized spacial score (nSPS) is 21.6. The van der Waals surface area contributed by atoms with Crippen LogP contribution >= 0.6 is 15.9 Å². The van der Waals surface area contributed by atoms with Gasteiger partial charge in [-0.3, -0.25) is 0 Å². The molecule has 1 nitrogen and oxygen atoms in total. The number of benzene rings is 1. The second kappa shape index (κ2) is 3.93. The van der Waals surface area contributed by atoms with Crippen molar-refractivity contribution in [3.8, 4) is 0 Å². The number of nitrogens with zero attached hydrogens (tertiary/aromatic N) is 1. The number of hydrogen-bond acceptors (Lipinski definition) is 1. The summed E-state index contributed by atoms with van der Waals surface area (Å²) in [5.74, 6) is 0. The Morgan fingerprint density at radius 3 is 2.86 bits per heavy atom. The highest BCUT2D eigenvalue weighted by Crippen LogP contribution is 2.31. The van der Waals surface area contributed by atoms with Crippen LogP contribution in [0.15, 0.2) is 22.7 Å². The van der Waals surface area contributed by atoms with Crippen molar-refractivity contribution in [1.82, 2.24) is 0 Å². The molecule has 2 heteroatoms. The highest BCUT2D eigenvalue weighted by atomic mass is 79.9. The minimum absolute atomic E-state index is 0.697. The molecule has 1 aromatic carbocycles. The van der Waals surface area contributed by atoms with Crippen LogP contribution in [-0.4, -0.2) is 12.6 Å². The summed E-state index contributed by atoms with van der Waals surface area (Å²) in [5.41, 5.74) is 2.76. The molecule has 1 aromatic rings. The fourth-order valence-electron chi connectivity index (χ4n) is 2.20. The first-order valence-electron chi connectivity index (χ1n) is 5.22. The minimum atomic E-state index is 0.697. The molecule has 1 heterocycles. The third-order valence-electron chi connectivity index (χ3n) is 3.10. The van der Waals surface area contributed by atoms with Crippen molar-refractivity contribution in [3.05, 3.63) is 28.2 Å². The van der Waals surface area contributed by atoms with E-state index in [0.29, 0.717) is 6.04 Å². The maximum atomic E-state index is 3.59. The minimum Gasteiger partial charge on any atom is -0.369 e. The van der Waals surface area contributed by atoms with Gasteiger partial charge in [-0.15, -0.1) is 0 Å². The molecule has 1 unspecified atom stereocenters. The Bertz CT molecular complexity index is 335. The van der Waals surface area contributed by atoms with Crippen LogP contribution in [0.1, 0.15) is 25.3 Å². The van der Waals surface area contributed by atoms with Crippen LogP contribution in [0.5, 0.6) is 0 Å². The number of hydrogen-bond donors (Lipinski definition) is 0. The zero-order valence-corrected chi connectivity index (χ0v) is 10.3. The van der Waals surface area contributed by atoms with E-state index < -0.39 is 0 Å². The maximum absolute atomic E-state index is 3.59. The lowest BCUT2D eigenvalue weighted by atomic mass is 10.1. The van der Waals surface area contributed by atoms with Crippen molar-refractivity contribution in [2.75, 3.05) is 11.4 Å². The van der Waals surface area contributed by atoms with E-state index in [0.717, 1.165) is 0 Å². The van der Waals surface area contributed by atoms with Crippen LogP contribution in [0.4, 0.5) is 5.69 Å². The molecule has 0 spiro atoms. The fourth-order valence-corrected chi connectivity index (χ4v) is 2.55. The lowest BCUT2D eigenvalue weighted by Crippen LogP contribution is -2.26. The SMILES string of the molecule is Cc1c(Br)cccc1N1CCCC1C. The van der Waals surface area contributed by atoms with E-state index in [4.69, 9.17) is 0 Å². The van der Waals surface area contributed by atoms with Gasteiger partial charge in [0, 0.05) is 22.7 Å². The third kappa shape index (κ3) is 1.68. The van der Waals surface area contributed by atoms with Crippen molar-refractivity contribution in [2.45, 2.75) is 32.7 Å². The topological polar surface area (TPSA) is 3.24 Å². The molecule has 0 aromatic heterocycles. The molecule has 0 amide bonds. The summed E-state index contributed by atoms with van der Waals surface area (Å²) in [6, 6.07) is 7.15. The zero-order chi connectivity index (χ0) is 10.1. The van der Waals surface area contributed by atoms with Gasteiger partial charge in [0.15, 0.2) is 0 Å². The van der Waals surface area contributed by atoms with Gasteiger partial charge in [0.25, 0.3) is 0 Å². The molecule has 1 atom stereocenters. The van der Waals surface area contributed by atoms with Gasteiger partial charge in [0.1, 0.15) is 0 Å². The van der Waals surface area contributed by atoms with Gasteiger partial charge in [-0.2, -0.15) is 0 Å². The molecule has 1 fully saturated rings. The molecule has 0 radical (unpaired) electrons. The van der Waals surface area contributed by atoms with Crippen LogP contribution in [0, 0.1) is 6.92 Å². The molecular formula is C12H16BrN. The van der Waals surface area contributed by atoms with Crippen LogP contribution in [-0.2, 0) is 0 Å². The third-order valence-corrected chi connectivity index (χ3v) is 3.96. The molecule has 0 saturated carbocycles. The summed E-state index contributed by atoms with van der Waals surface area (Å²) in [4.78, 5) is 2.51. The van der Waals surface area contributed by atoms with Crippen molar-refractivity contribution >= 4 is 21.6 Å². The average molecular weight is 254 g/mol. The van der Waals surface area contributed by atoms with E-state index >= 15 is 0 Å². The predicted octanol–water partition coefficient (Wildman–Crippen LogP) is 3.75. The van der Waals surface area contributed by atoms with E-state index in [-0.39, 0.29) is 0 Å². The molecule has 1 aliphatic heterocycles. The number of rotatable bonds is 1. The Labute approximate surface area is 94.2 Å². The maximum Gasteiger partial charge on any atom is 0.0409 e. The molecule has 76 valence electrons. The van der Waals surface area contributed by atoms with E-state index in [1.54, 1.807) is 0 Å². The first-order valence-corrected chi connectivity index (χ1v) is 6.01. The lowest BCUT2D eigenvalue weighted by Gasteiger charge is -2.26. The Kier molecular flexibility index (Phi) is 2.82. The zero-order valence-electron chi connectivity index (χ0n) is 8.76. The average Bonchev–Trinajstić information content (AvgIpc) is 2.57. The van der Waals surface area contributed by atoms with E-state index in [2.05, 4.69) is 52.9 Å². The van der Waals surface area contributed by atoms with E-state index in [1.807, 2.05) is 0 Å². The molecule has 14 heavy (non-hydrogen) atoms.